The molecule has 4 aromatic rings. The third kappa shape index (κ3) is 4.64. The highest BCUT2D eigenvalue weighted by Crippen LogP contribution is 2.35. The summed E-state index contributed by atoms with van der Waals surface area (Å²) >= 11 is 8.04. The van der Waals surface area contributed by atoms with Crippen LogP contribution in [0.15, 0.2) is 83.3 Å². The van der Waals surface area contributed by atoms with Gasteiger partial charge in [-0.15, -0.1) is 0 Å². The van der Waals surface area contributed by atoms with E-state index in [9.17, 15) is 19.7 Å². The van der Waals surface area contributed by atoms with Gasteiger partial charge in [0, 0.05) is 37.5 Å². The Bertz CT molecular complexity index is 1490. The van der Waals surface area contributed by atoms with Crippen molar-refractivity contribution in [2.75, 3.05) is 5.32 Å². The van der Waals surface area contributed by atoms with Crippen molar-refractivity contribution in [1.82, 2.24) is 10.4 Å². The van der Waals surface area contributed by atoms with Gasteiger partial charge in [-0.25, -0.2) is 5.01 Å². The summed E-state index contributed by atoms with van der Waals surface area (Å²) in [5, 5.41) is 15.9. The van der Waals surface area contributed by atoms with Crippen molar-refractivity contribution in [3.63, 3.8) is 0 Å². The van der Waals surface area contributed by atoms with Crippen molar-refractivity contribution in [3.8, 4) is 11.3 Å². The van der Waals surface area contributed by atoms with Crippen molar-refractivity contribution in [3.05, 3.63) is 114 Å². The molecule has 36 heavy (non-hydrogen) atoms. The van der Waals surface area contributed by atoms with Crippen molar-refractivity contribution in [2.45, 2.75) is 6.17 Å². The highest BCUT2D eigenvalue weighted by atomic mass is 127. The number of benzene rings is 3. The SMILES string of the molecule is O=C(NN1C(=O)c2cc(I)ccc2N[C@@H]1c1ccc(-c2ccc([N+](=O)[O-])cc2)o1)c1ccc(Cl)cc1. The molecule has 0 aliphatic carbocycles. The number of carbonyl (C=O) groups is 2. The number of nitrogens with one attached hydrogen (secondary N) is 2. The molecule has 0 spiro atoms. The number of fused-ring (bicyclic) bond motifs is 1. The van der Waals surface area contributed by atoms with Gasteiger partial charge in [-0.1, -0.05) is 11.6 Å². The molecule has 5 rings (SSSR count). The first-order valence-electron chi connectivity index (χ1n) is 10.6. The van der Waals surface area contributed by atoms with Crippen molar-refractivity contribution < 1.29 is 18.9 Å². The molecule has 2 amide bonds. The van der Waals surface area contributed by atoms with Crippen LogP contribution >= 0.6 is 34.2 Å². The molecule has 1 atom stereocenters. The molecule has 11 heteroatoms. The summed E-state index contributed by atoms with van der Waals surface area (Å²) in [5.41, 5.74) is 4.59. The molecule has 0 radical (unpaired) electrons. The van der Waals surface area contributed by atoms with Gasteiger partial charge in [-0.3, -0.25) is 25.1 Å². The highest BCUT2D eigenvalue weighted by Gasteiger charge is 2.36. The number of amides is 2. The fourth-order valence-electron chi connectivity index (χ4n) is 3.77. The summed E-state index contributed by atoms with van der Waals surface area (Å²) in [6, 6.07) is 21.0. The Morgan fingerprint density at radius 3 is 2.47 bits per heavy atom. The lowest BCUT2D eigenvalue weighted by atomic mass is 10.1. The van der Waals surface area contributed by atoms with E-state index < -0.39 is 22.9 Å². The molecule has 0 saturated carbocycles. The zero-order valence-corrected chi connectivity index (χ0v) is 21.2. The molecule has 2 heterocycles. The number of nitro benzene ring substituents is 1. The second-order valence-corrected chi connectivity index (χ2v) is 9.55. The average molecular weight is 615 g/mol. The normalized spacial score (nSPS) is 14.7. The molecular formula is C25H16ClIN4O5. The third-order valence-electron chi connectivity index (χ3n) is 5.57. The van der Waals surface area contributed by atoms with Crippen LogP contribution in [0.3, 0.4) is 0 Å². The largest absolute Gasteiger partial charge is 0.457 e. The zero-order chi connectivity index (χ0) is 25.4. The van der Waals surface area contributed by atoms with Crippen molar-refractivity contribution in [2.24, 2.45) is 0 Å². The van der Waals surface area contributed by atoms with Crippen LogP contribution in [0.4, 0.5) is 11.4 Å². The topological polar surface area (TPSA) is 118 Å². The molecule has 2 N–H and O–H groups in total. The number of rotatable bonds is 5. The predicted octanol–water partition coefficient (Wildman–Crippen LogP) is 6.02. The van der Waals surface area contributed by atoms with Gasteiger partial charge in [0.2, 0.25) is 0 Å². The molecule has 0 bridgehead atoms. The van der Waals surface area contributed by atoms with Gasteiger partial charge in [0.1, 0.15) is 11.5 Å². The van der Waals surface area contributed by atoms with E-state index >= 15 is 0 Å². The summed E-state index contributed by atoms with van der Waals surface area (Å²) in [4.78, 5) is 36.9. The lowest BCUT2D eigenvalue weighted by Crippen LogP contribution is -2.52. The lowest BCUT2D eigenvalue weighted by molar-refractivity contribution is -0.384. The van der Waals surface area contributed by atoms with Crippen LogP contribution in [0.1, 0.15) is 32.6 Å². The van der Waals surface area contributed by atoms with Crippen molar-refractivity contribution in [1.29, 1.82) is 0 Å². The summed E-state index contributed by atoms with van der Waals surface area (Å²) in [7, 11) is 0. The second-order valence-electron chi connectivity index (χ2n) is 7.87. The van der Waals surface area contributed by atoms with E-state index in [2.05, 4.69) is 33.3 Å². The number of hydrogen-bond donors (Lipinski definition) is 2. The first-order valence-corrected chi connectivity index (χ1v) is 12.1. The van der Waals surface area contributed by atoms with Crippen LogP contribution in [0, 0.1) is 13.7 Å². The highest BCUT2D eigenvalue weighted by molar-refractivity contribution is 14.1. The predicted molar refractivity (Wildman–Crippen MR) is 141 cm³/mol. The molecule has 1 aromatic heterocycles. The first-order chi connectivity index (χ1) is 17.3. The Morgan fingerprint density at radius 2 is 1.78 bits per heavy atom. The third-order valence-corrected chi connectivity index (χ3v) is 6.49. The molecule has 1 aliphatic heterocycles. The molecular weight excluding hydrogens is 599 g/mol. The first kappa shape index (κ1) is 23.8. The number of nitrogens with zero attached hydrogens (tertiary/aromatic N) is 2. The Labute approximate surface area is 223 Å². The molecule has 180 valence electrons. The average Bonchev–Trinajstić information content (AvgIpc) is 3.36. The summed E-state index contributed by atoms with van der Waals surface area (Å²) in [5.74, 6) is -0.102. The van der Waals surface area contributed by atoms with Crippen LogP contribution in [0.2, 0.25) is 5.02 Å². The van der Waals surface area contributed by atoms with Crippen LogP contribution < -0.4 is 10.7 Å². The van der Waals surface area contributed by atoms with E-state index in [0.29, 0.717) is 38.9 Å². The quantitative estimate of drug-likeness (QED) is 0.161. The summed E-state index contributed by atoms with van der Waals surface area (Å²) < 4.78 is 6.90. The number of halogens is 2. The van der Waals surface area contributed by atoms with Crippen LogP contribution in [0.25, 0.3) is 11.3 Å². The van der Waals surface area contributed by atoms with Gasteiger partial charge >= 0.3 is 0 Å². The van der Waals surface area contributed by atoms with E-state index in [0.717, 1.165) is 3.57 Å². The summed E-state index contributed by atoms with van der Waals surface area (Å²) in [6.07, 6.45) is -0.854. The standard InChI is InChI=1S/C25H16ClIN4O5/c26-16-5-1-15(2-6-16)24(32)29-30-23(28-20-10-7-17(27)13-19(20)25(30)33)22-12-11-21(36-22)14-3-8-18(9-4-14)31(34)35/h1-13,23,28H,(H,29,32)/t23-/m0/s1. The van der Waals surface area contributed by atoms with Gasteiger partial charge in [0.15, 0.2) is 6.17 Å². The van der Waals surface area contributed by atoms with E-state index in [4.69, 9.17) is 16.0 Å². The second kappa shape index (κ2) is 9.63. The number of hydrazine groups is 1. The van der Waals surface area contributed by atoms with Crippen LogP contribution in [-0.4, -0.2) is 21.7 Å². The number of furan rings is 1. The minimum atomic E-state index is -0.854. The number of carbonyl (C=O) groups excluding carboxylic acids is 2. The minimum Gasteiger partial charge on any atom is -0.457 e. The Balaban J connectivity index is 1.49. The molecule has 9 nitrogen and oxygen atoms in total. The van der Waals surface area contributed by atoms with Gasteiger partial charge in [-0.2, -0.15) is 0 Å². The zero-order valence-electron chi connectivity index (χ0n) is 18.3. The van der Waals surface area contributed by atoms with Crippen LogP contribution in [0.5, 0.6) is 0 Å². The minimum absolute atomic E-state index is 0.0348. The molecule has 0 fully saturated rings. The number of nitro groups is 1. The van der Waals surface area contributed by atoms with E-state index in [1.807, 2.05) is 6.07 Å². The fraction of sp³-hybridized carbons (Fsp3) is 0.0400. The van der Waals surface area contributed by atoms with Crippen LogP contribution in [-0.2, 0) is 0 Å². The smallest absolute Gasteiger partial charge is 0.276 e. The van der Waals surface area contributed by atoms with Gasteiger partial charge in [0.25, 0.3) is 17.5 Å². The monoisotopic (exact) mass is 614 g/mol. The lowest BCUT2D eigenvalue weighted by Gasteiger charge is -2.36. The maximum atomic E-state index is 13.5. The Hall–Kier alpha value is -3.90. The van der Waals surface area contributed by atoms with Gasteiger partial charge in [0.05, 0.1) is 10.5 Å². The van der Waals surface area contributed by atoms with E-state index in [-0.39, 0.29) is 5.69 Å². The Morgan fingerprint density at radius 1 is 1.06 bits per heavy atom. The van der Waals surface area contributed by atoms with E-state index in [1.165, 1.54) is 17.1 Å². The molecule has 0 unspecified atom stereocenters. The number of anilines is 1. The summed E-state index contributed by atoms with van der Waals surface area (Å²) in [6.45, 7) is 0. The molecule has 0 saturated heterocycles. The number of hydrogen-bond acceptors (Lipinski definition) is 6. The van der Waals surface area contributed by atoms with E-state index in [1.54, 1.807) is 60.7 Å². The van der Waals surface area contributed by atoms with Gasteiger partial charge < -0.3 is 9.73 Å². The maximum Gasteiger partial charge on any atom is 0.276 e. The Kier molecular flexibility index (Phi) is 6.37. The number of non-ortho nitro benzene ring substituents is 1. The maximum absolute atomic E-state index is 13.5. The fourth-order valence-corrected chi connectivity index (χ4v) is 4.39. The van der Waals surface area contributed by atoms with Gasteiger partial charge in [-0.05, 0) is 89.3 Å². The molecule has 1 aliphatic rings. The molecule has 3 aromatic carbocycles. The van der Waals surface area contributed by atoms with Crippen molar-refractivity contribution >= 4 is 57.4 Å².